The molecule has 0 aliphatic carbocycles. The lowest BCUT2D eigenvalue weighted by Crippen LogP contribution is -2.21. The third kappa shape index (κ3) is 3.37. The second-order valence-electron chi connectivity index (χ2n) is 5.51. The second kappa shape index (κ2) is 6.58. The molecule has 2 aromatic carbocycles. The molecule has 1 unspecified atom stereocenters. The number of benzene rings is 2. The monoisotopic (exact) mass is 310 g/mol. The van der Waals surface area contributed by atoms with E-state index in [-0.39, 0.29) is 19.0 Å². The number of carboxylic acid groups (broad SMARTS) is 1. The average Bonchev–Trinajstić information content (AvgIpc) is 3.02. The van der Waals surface area contributed by atoms with Gasteiger partial charge < -0.3 is 10.8 Å². The highest BCUT2D eigenvalue weighted by Gasteiger charge is 2.19. The minimum absolute atomic E-state index is 0.0246. The number of carbonyl (C=O) groups is 1. The molecule has 6 heteroatoms. The summed E-state index contributed by atoms with van der Waals surface area (Å²) in [7, 11) is 0. The summed E-state index contributed by atoms with van der Waals surface area (Å²) in [4.78, 5) is 11.2. The molecule has 3 rings (SSSR count). The Labute approximate surface area is 133 Å². The van der Waals surface area contributed by atoms with Crippen LogP contribution in [0.2, 0.25) is 0 Å². The Morgan fingerprint density at radius 3 is 2.74 bits per heavy atom. The van der Waals surface area contributed by atoms with Crippen LogP contribution < -0.4 is 5.73 Å². The lowest BCUT2D eigenvalue weighted by molar-refractivity contribution is -0.138. The molecule has 0 saturated heterocycles. The highest BCUT2D eigenvalue weighted by Crippen LogP contribution is 2.22. The fourth-order valence-corrected chi connectivity index (χ4v) is 2.80. The molecule has 23 heavy (non-hydrogen) atoms. The van der Waals surface area contributed by atoms with Crippen molar-refractivity contribution in [1.82, 2.24) is 15.0 Å². The van der Waals surface area contributed by atoms with Crippen molar-refractivity contribution in [2.45, 2.75) is 25.4 Å². The average molecular weight is 310 g/mol. The van der Waals surface area contributed by atoms with Gasteiger partial charge in [-0.25, -0.2) is 4.68 Å². The van der Waals surface area contributed by atoms with E-state index in [2.05, 4.69) is 22.4 Å². The quantitative estimate of drug-likeness (QED) is 0.727. The first kappa shape index (κ1) is 15.2. The predicted molar refractivity (Wildman–Crippen MR) is 86.9 cm³/mol. The summed E-state index contributed by atoms with van der Waals surface area (Å²) in [6.07, 6.45) is 2.12. The van der Waals surface area contributed by atoms with Gasteiger partial charge in [-0.3, -0.25) is 4.79 Å². The Balaban J connectivity index is 1.92. The molecule has 118 valence electrons. The molecule has 3 N–H and O–H groups in total. The van der Waals surface area contributed by atoms with E-state index in [1.807, 2.05) is 30.3 Å². The number of nitrogens with zero attached hydrogens (tertiary/aromatic N) is 3. The molecule has 0 amide bonds. The first-order valence-corrected chi connectivity index (χ1v) is 7.46. The van der Waals surface area contributed by atoms with Gasteiger partial charge in [-0.1, -0.05) is 47.7 Å². The number of rotatable bonds is 6. The van der Waals surface area contributed by atoms with Gasteiger partial charge in [-0.05, 0) is 22.8 Å². The molecule has 1 heterocycles. The zero-order valence-corrected chi connectivity index (χ0v) is 12.6. The van der Waals surface area contributed by atoms with Crippen molar-refractivity contribution in [3.8, 4) is 0 Å². The second-order valence-corrected chi connectivity index (χ2v) is 5.51. The van der Waals surface area contributed by atoms with Crippen LogP contribution in [0.1, 0.15) is 23.7 Å². The van der Waals surface area contributed by atoms with Crippen LogP contribution in [0.25, 0.3) is 10.8 Å². The summed E-state index contributed by atoms with van der Waals surface area (Å²) in [5.74, 6) is -0.866. The Hall–Kier alpha value is -2.73. The van der Waals surface area contributed by atoms with Crippen molar-refractivity contribution in [2.24, 2.45) is 5.73 Å². The van der Waals surface area contributed by atoms with Crippen LogP contribution in [0.5, 0.6) is 0 Å². The number of fused-ring (bicyclic) bond motifs is 1. The third-order valence-electron chi connectivity index (χ3n) is 3.90. The predicted octanol–water partition coefficient (Wildman–Crippen LogP) is 2.15. The summed E-state index contributed by atoms with van der Waals surface area (Å²) in [5, 5.41) is 19.4. The van der Waals surface area contributed by atoms with E-state index in [1.54, 1.807) is 10.9 Å². The Bertz CT molecular complexity index is 828. The van der Waals surface area contributed by atoms with Crippen LogP contribution in [0, 0.1) is 0 Å². The van der Waals surface area contributed by atoms with Gasteiger partial charge in [0.15, 0.2) is 0 Å². The lowest BCUT2D eigenvalue weighted by atomic mass is 10.00. The fraction of sp³-hybridized carbons (Fsp3) is 0.235. The van der Waals surface area contributed by atoms with Gasteiger partial charge in [-0.2, -0.15) is 0 Å². The number of hydrogen-bond acceptors (Lipinski definition) is 4. The molecule has 6 nitrogen and oxygen atoms in total. The summed E-state index contributed by atoms with van der Waals surface area (Å²) >= 11 is 0. The molecule has 1 aromatic heterocycles. The fourth-order valence-electron chi connectivity index (χ4n) is 2.80. The molecule has 3 aromatic rings. The first-order valence-electron chi connectivity index (χ1n) is 7.46. The molecule has 0 aliphatic heterocycles. The maximum Gasteiger partial charge on any atom is 0.305 e. The van der Waals surface area contributed by atoms with Crippen molar-refractivity contribution in [3.05, 3.63) is 59.9 Å². The highest BCUT2D eigenvalue weighted by atomic mass is 16.4. The van der Waals surface area contributed by atoms with Crippen molar-refractivity contribution in [1.29, 1.82) is 0 Å². The molecule has 0 saturated carbocycles. The number of hydrogen-bond donors (Lipinski definition) is 2. The van der Waals surface area contributed by atoms with E-state index in [4.69, 9.17) is 5.73 Å². The van der Waals surface area contributed by atoms with Crippen molar-refractivity contribution < 1.29 is 9.90 Å². The number of aliphatic carboxylic acids is 1. The third-order valence-corrected chi connectivity index (χ3v) is 3.90. The molecule has 0 spiro atoms. The van der Waals surface area contributed by atoms with Gasteiger partial charge in [0.05, 0.1) is 24.4 Å². The Morgan fingerprint density at radius 1 is 1.22 bits per heavy atom. The van der Waals surface area contributed by atoms with Crippen LogP contribution in [0.3, 0.4) is 0 Å². The van der Waals surface area contributed by atoms with Crippen LogP contribution in [-0.4, -0.2) is 26.1 Å². The molecule has 1 atom stereocenters. The van der Waals surface area contributed by atoms with E-state index < -0.39 is 5.97 Å². The Morgan fingerprint density at radius 2 is 2.00 bits per heavy atom. The number of aromatic nitrogens is 3. The van der Waals surface area contributed by atoms with Gasteiger partial charge in [0.25, 0.3) is 0 Å². The minimum Gasteiger partial charge on any atom is -0.481 e. The molecule has 0 radical (unpaired) electrons. The Kier molecular flexibility index (Phi) is 4.34. The van der Waals surface area contributed by atoms with Gasteiger partial charge >= 0.3 is 5.97 Å². The summed E-state index contributed by atoms with van der Waals surface area (Å²) in [6, 6.07) is 13.9. The molecular weight excluding hydrogens is 292 g/mol. The standard InChI is InChI=1S/C17H18N4O2/c18-10-16-11-19-20-21(16)15(9-17(22)23)8-12-5-6-13-3-1-2-4-14(13)7-12/h1-7,11,15H,8-10,18H2,(H,22,23). The van der Waals surface area contributed by atoms with E-state index in [0.717, 1.165) is 22.0 Å². The molecule has 0 bridgehead atoms. The smallest absolute Gasteiger partial charge is 0.305 e. The lowest BCUT2D eigenvalue weighted by Gasteiger charge is -2.17. The zero-order chi connectivity index (χ0) is 16.2. The number of nitrogens with two attached hydrogens (primary N) is 1. The molecular formula is C17H18N4O2. The maximum atomic E-state index is 11.2. The van der Waals surface area contributed by atoms with Crippen LogP contribution in [0.4, 0.5) is 0 Å². The zero-order valence-electron chi connectivity index (χ0n) is 12.6. The van der Waals surface area contributed by atoms with Crippen molar-refractivity contribution in [3.63, 3.8) is 0 Å². The van der Waals surface area contributed by atoms with Gasteiger partial charge in [-0.15, -0.1) is 5.10 Å². The first-order chi connectivity index (χ1) is 11.2. The van der Waals surface area contributed by atoms with Crippen molar-refractivity contribution in [2.75, 3.05) is 0 Å². The van der Waals surface area contributed by atoms with Crippen LogP contribution >= 0.6 is 0 Å². The van der Waals surface area contributed by atoms with E-state index in [9.17, 15) is 9.90 Å². The largest absolute Gasteiger partial charge is 0.481 e. The van der Waals surface area contributed by atoms with Crippen LogP contribution in [0.15, 0.2) is 48.7 Å². The van der Waals surface area contributed by atoms with E-state index in [1.165, 1.54) is 0 Å². The summed E-state index contributed by atoms with van der Waals surface area (Å²) < 4.78 is 1.63. The van der Waals surface area contributed by atoms with E-state index >= 15 is 0 Å². The topological polar surface area (TPSA) is 94.0 Å². The molecule has 0 fully saturated rings. The summed E-state index contributed by atoms with van der Waals surface area (Å²) in [6.45, 7) is 0.279. The van der Waals surface area contributed by atoms with E-state index in [0.29, 0.717) is 6.42 Å². The summed E-state index contributed by atoms with van der Waals surface area (Å²) in [5.41, 5.74) is 7.48. The molecule has 0 aliphatic rings. The van der Waals surface area contributed by atoms with Crippen LogP contribution in [-0.2, 0) is 17.8 Å². The normalized spacial score (nSPS) is 12.4. The highest BCUT2D eigenvalue weighted by molar-refractivity contribution is 5.83. The van der Waals surface area contributed by atoms with Gasteiger partial charge in [0.1, 0.15) is 0 Å². The van der Waals surface area contributed by atoms with Gasteiger partial charge in [0, 0.05) is 6.54 Å². The SMILES string of the molecule is NCc1cnnn1C(CC(=O)O)Cc1ccc2ccccc2c1. The van der Waals surface area contributed by atoms with Gasteiger partial charge in [0.2, 0.25) is 0 Å². The van der Waals surface area contributed by atoms with Crippen molar-refractivity contribution >= 4 is 16.7 Å². The maximum absolute atomic E-state index is 11.2. The minimum atomic E-state index is -0.866. The number of carboxylic acids is 1.